The lowest BCUT2D eigenvalue weighted by atomic mass is 10.1. The van der Waals surface area contributed by atoms with Gasteiger partial charge >= 0.3 is 0 Å². The van der Waals surface area contributed by atoms with Gasteiger partial charge in [-0.05, 0) is 49.5 Å². The fourth-order valence-corrected chi connectivity index (χ4v) is 2.66. The zero-order valence-electron chi connectivity index (χ0n) is 13.6. The van der Waals surface area contributed by atoms with Gasteiger partial charge in [-0.25, -0.2) is 0 Å². The lowest BCUT2D eigenvalue weighted by Gasteiger charge is -2.15. The molecule has 24 heavy (non-hydrogen) atoms. The van der Waals surface area contributed by atoms with Gasteiger partial charge in [0.2, 0.25) is 0 Å². The van der Waals surface area contributed by atoms with Crippen molar-refractivity contribution in [3.63, 3.8) is 0 Å². The van der Waals surface area contributed by atoms with Crippen molar-refractivity contribution in [1.82, 2.24) is 15.1 Å². The van der Waals surface area contributed by atoms with Crippen molar-refractivity contribution in [1.29, 1.82) is 0 Å². The summed E-state index contributed by atoms with van der Waals surface area (Å²) in [6, 6.07) is 10.7. The fourth-order valence-electron chi connectivity index (χ4n) is 2.53. The Morgan fingerprint density at radius 3 is 2.71 bits per heavy atom. The number of hydrogen-bond acceptors (Lipinski definition) is 3. The van der Waals surface area contributed by atoms with Crippen LogP contribution in [0.3, 0.4) is 0 Å². The zero-order valence-corrected chi connectivity index (χ0v) is 14.4. The van der Waals surface area contributed by atoms with Gasteiger partial charge in [-0.3, -0.25) is 9.89 Å². The van der Waals surface area contributed by atoms with E-state index in [1.165, 1.54) is 0 Å². The zero-order chi connectivity index (χ0) is 17.1. The Kier molecular flexibility index (Phi) is 4.83. The van der Waals surface area contributed by atoms with E-state index in [0.29, 0.717) is 10.6 Å². The molecule has 2 N–H and O–H groups in total. The summed E-state index contributed by atoms with van der Waals surface area (Å²) in [4.78, 5) is 14.6. The molecule has 2 aromatic carbocycles. The molecule has 0 unspecified atom stereocenters. The van der Waals surface area contributed by atoms with E-state index < -0.39 is 0 Å². The molecule has 1 aromatic heterocycles. The number of aromatic amines is 1. The number of carbonyl (C=O) groups is 1. The number of halogens is 1. The first kappa shape index (κ1) is 16.5. The minimum absolute atomic E-state index is 0.174. The number of aromatic nitrogens is 2. The van der Waals surface area contributed by atoms with E-state index in [4.69, 9.17) is 11.6 Å². The molecule has 5 nitrogen and oxygen atoms in total. The van der Waals surface area contributed by atoms with Crippen LogP contribution in [0.25, 0.3) is 10.9 Å². The Bertz CT molecular complexity index is 857. The van der Waals surface area contributed by atoms with Gasteiger partial charge in [-0.15, -0.1) is 0 Å². The maximum atomic E-state index is 12.4. The van der Waals surface area contributed by atoms with E-state index in [-0.39, 0.29) is 5.91 Å². The summed E-state index contributed by atoms with van der Waals surface area (Å²) in [7, 11) is 2.07. The standard InChI is InChI=1S/C18H19ClN4O/c1-3-23(2)11-13-6-9-16(15-10-20-22-17(13)15)21-18(24)12-4-7-14(19)8-5-12/h4-10H,3,11H2,1-2H3,(H,20,22)(H,21,24). The number of benzene rings is 2. The molecule has 0 aliphatic carbocycles. The summed E-state index contributed by atoms with van der Waals surface area (Å²) in [5.74, 6) is -0.174. The number of H-pyrrole nitrogens is 1. The molecule has 0 saturated carbocycles. The van der Waals surface area contributed by atoms with E-state index in [0.717, 1.165) is 35.2 Å². The van der Waals surface area contributed by atoms with E-state index in [1.54, 1.807) is 30.5 Å². The Hall–Kier alpha value is -2.37. The molecular formula is C18H19ClN4O. The van der Waals surface area contributed by atoms with Crippen LogP contribution in [-0.4, -0.2) is 34.6 Å². The van der Waals surface area contributed by atoms with Crippen LogP contribution in [0.4, 0.5) is 5.69 Å². The van der Waals surface area contributed by atoms with E-state index >= 15 is 0 Å². The van der Waals surface area contributed by atoms with Gasteiger partial charge in [-0.2, -0.15) is 5.10 Å². The second-order valence-electron chi connectivity index (χ2n) is 5.72. The number of nitrogens with zero attached hydrogens (tertiary/aromatic N) is 2. The average molecular weight is 343 g/mol. The first-order chi connectivity index (χ1) is 11.6. The van der Waals surface area contributed by atoms with E-state index in [9.17, 15) is 4.79 Å². The summed E-state index contributed by atoms with van der Waals surface area (Å²) >= 11 is 5.86. The number of fused-ring (bicyclic) bond motifs is 1. The van der Waals surface area contributed by atoms with Crippen molar-refractivity contribution in [3.05, 3.63) is 58.7 Å². The number of carbonyl (C=O) groups excluding carboxylic acids is 1. The largest absolute Gasteiger partial charge is 0.321 e. The van der Waals surface area contributed by atoms with Gasteiger partial charge in [0.25, 0.3) is 5.91 Å². The third-order valence-corrected chi connectivity index (χ3v) is 4.29. The van der Waals surface area contributed by atoms with Crippen LogP contribution >= 0.6 is 11.6 Å². The van der Waals surface area contributed by atoms with Gasteiger partial charge < -0.3 is 10.2 Å². The van der Waals surface area contributed by atoms with Crippen LogP contribution < -0.4 is 5.32 Å². The van der Waals surface area contributed by atoms with E-state index in [2.05, 4.69) is 34.4 Å². The number of hydrogen-bond donors (Lipinski definition) is 2. The Balaban J connectivity index is 1.88. The van der Waals surface area contributed by atoms with Crippen molar-refractivity contribution >= 4 is 34.1 Å². The molecule has 0 spiro atoms. The third-order valence-electron chi connectivity index (χ3n) is 4.04. The highest BCUT2D eigenvalue weighted by Gasteiger charge is 2.12. The Morgan fingerprint density at radius 2 is 2.00 bits per heavy atom. The molecule has 0 radical (unpaired) electrons. The summed E-state index contributed by atoms with van der Waals surface area (Å²) in [5.41, 5.74) is 3.40. The minimum Gasteiger partial charge on any atom is -0.321 e. The number of amides is 1. The Morgan fingerprint density at radius 1 is 1.25 bits per heavy atom. The monoisotopic (exact) mass is 342 g/mol. The predicted molar refractivity (Wildman–Crippen MR) is 97.5 cm³/mol. The average Bonchev–Trinajstić information content (AvgIpc) is 3.07. The van der Waals surface area contributed by atoms with E-state index in [1.807, 2.05) is 12.1 Å². The number of nitrogens with one attached hydrogen (secondary N) is 2. The van der Waals surface area contributed by atoms with Gasteiger partial charge in [-0.1, -0.05) is 24.6 Å². The van der Waals surface area contributed by atoms with Crippen molar-refractivity contribution in [2.45, 2.75) is 13.5 Å². The third kappa shape index (κ3) is 3.42. The molecule has 3 aromatic rings. The Labute approximate surface area is 145 Å². The molecule has 0 atom stereocenters. The first-order valence-electron chi connectivity index (χ1n) is 7.79. The van der Waals surface area contributed by atoms with Gasteiger partial charge in [0.05, 0.1) is 17.4 Å². The minimum atomic E-state index is -0.174. The summed E-state index contributed by atoms with van der Waals surface area (Å²) in [5, 5.41) is 11.6. The van der Waals surface area contributed by atoms with Crippen LogP contribution in [0.15, 0.2) is 42.6 Å². The molecule has 3 rings (SSSR count). The smallest absolute Gasteiger partial charge is 0.255 e. The molecule has 124 valence electrons. The van der Waals surface area contributed by atoms with Crippen LogP contribution in [0.2, 0.25) is 5.02 Å². The van der Waals surface area contributed by atoms with Crippen molar-refractivity contribution < 1.29 is 4.79 Å². The van der Waals surface area contributed by atoms with Gasteiger partial charge in [0.1, 0.15) is 0 Å². The quantitative estimate of drug-likeness (QED) is 0.738. The van der Waals surface area contributed by atoms with Gasteiger partial charge in [0, 0.05) is 22.5 Å². The molecule has 0 bridgehead atoms. The van der Waals surface area contributed by atoms with Crippen LogP contribution in [0.5, 0.6) is 0 Å². The van der Waals surface area contributed by atoms with Crippen LogP contribution in [-0.2, 0) is 6.54 Å². The molecule has 1 amide bonds. The number of anilines is 1. The lowest BCUT2D eigenvalue weighted by Crippen LogP contribution is -2.17. The topological polar surface area (TPSA) is 61.0 Å². The second kappa shape index (κ2) is 7.03. The number of rotatable bonds is 5. The summed E-state index contributed by atoms with van der Waals surface area (Å²) < 4.78 is 0. The molecule has 1 heterocycles. The maximum absolute atomic E-state index is 12.4. The maximum Gasteiger partial charge on any atom is 0.255 e. The highest BCUT2D eigenvalue weighted by Crippen LogP contribution is 2.26. The van der Waals surface area contributed by atoms with Crippen LogP contribution in [0, 0.1) is 0 Å². The molecule has 6 heteroatoms. The van der Waals surface area contributed by atoms with Crippen molar-refractivity contribution in [2.75, 3.05) is 18.9 Å². The van der Waals surface area contributed by atoms with Crippen molar-refractivity contribution in [2.24, 2.45) is 0 Å². The first-order valence-corrected chi connectivity index (χ1v) is 8.16. The normalized spacial score (nSPS) is 11.2. The van der Waals surface area contributed by atoms with Gasteiger partial charge in [0.15, 0.2) is 0 Å². The molecular weight excluding hydrogens is 324 g/mol. The van der Waals surface area contributed by atoms with Crippen molar-refractivity contribution in [3.8, 4) is 0 Å². The highest BCUT2D eigenvalue weighted by atomic mass is 35.5. The molecule has 0 saturated heterocycles. The fraction of sp³-hybridized carbons (Fsp3) is 0.222. The molecule has 0 aliphatic rings. The molecule has 0 aliphatic heterocycles. The second-order valence-corrected chi connectivity index (χ2v) is 6.16. The molecule has 0 fully saturated rings. The summed E-state index contributed by atoms with van der Waals surface area (Å²) in [6.07, 6.45) is 1.74. The van der Waals surface area contributed by atoms with Crippen LogP contribution in [0.1, 0.15) is 22.8 Å². The SMILES string of the molecule is CCN(C)Cc1ccc(NC(=O)c2ccc(Cl)cc2)c2cn[nH]c12. The predicted octanol–water partition coefficient (Wildman–Crippen LogP) is 3.92. The lowest BCUT2D eigenvalue weighted by molar-refractivity contribution is 0.102. The highest BCUT2D eigenvalue weighted by molar-refractivity contribution is 6.30. The summed E-state index contributed by atoms with van der Waals surface area (Å²) in [6.45, 7) is 3.90.